The molecule has 12 heavy (non-hydrogen) atoms. The van der Waals surface area contributed by atoms with E-state index in [1.165, 1.54) is 0 Å². The molecule has 0 aliphatic heterocycles. The molecule has 4 heteroatoms. The largest absolute Gasteiger partial charge is 0.303 e. The lowest BCUT2D eigenvalue weighted by Crippen LogP contribution is -2.27. The number of carbonyl (C=O) groups is 1. The van der Waals surface area contributed by atoms with Crippen LogP contribution in [0.4, 0.5) is 0 Å². The molecule has 2 unspecified atom stereocenters. The zero-order chi connectivity index (χ0) is 8.97. The van der Waals surface area contributed by atoms with E-state index in [1.807, 2.05) is 0 Å². The van der Waals surface area contributed by atoms with E-state index in [1.54, 1.807) is 0 Å². The van der Waals surface area contributed by atoms with Gasteiger partial charge in [-0.1, -0.05) is 12.8 Å². The zero-order valence-electron chi connectivity index (χ0n) is 6.94. The molecule has 0 heterocycles. The third kappa shape index (κ3) is 2.29. The Morgan fingerprint density at radius 2 is 2.08 bits per heavy atom. The number of nitro groups is 1. The van der Waals surface area contributed by atoms with Gasteiger partial charge in [-0.25, -0.2) is 0 Å². The normalized spacial score (nSPS) is 29.7. The van der Waals surface area contributed by atoms with Crippen LogP contribution >= 0.6 is 0 Å². The third-order valence-electron chi connectivity index (χ3n) is 2.53. The predicted octanol–water partition coefficient (Wildman–Crippen LogP) is 1.27. The minimum absolute atomic E-state index is 0.00810. The van der Waals surface area contributed by atoms with E-state index in [-0.39, 0.29) is 23.3 Å². The van der Waals surface area contributed by atoms with Crippen LogP contribution in [-0.2, 0) is 4.79 Å². The van der Waals surface area contributed by atoms with E-state index in [9.17, 15) is 14.9 Å². The number of hydrogen-bond acceptors (Lipinski definition) is 3. The van der Waals surface area contributed by atoms with E-state index in [4.69, 9.17) is 0 Å². The van der Waals surface area contributed by atoms with Crippen molar-refractivity contribution in [3.8, 4) is 0 Å². The number of nitrogens with zero attached hydrogens (tertiary/aromatic N) is 1. The summed E-state index contributed by atoms with van der Waals surface area (Å²) in [6.07, 6.45) is 4.63. The first-order valence-electron chi connectivity index (χ1n) is 4.31. The van der Waals surface area contributed by atoms with Gasteiger partial charge in [0.1, 0.15) is 6.29 Å². The SMILES string of the molecule is O=CC1CCCCC1C[N+](=O)[O-]. The highest BCUT2D eigenvalue weighted by atomic mass is 16.6. The maximum Gasteiger partial charge on any atom is 0.207 e. The van der Waals surface area contributed by atoms with Crippen LogP contribution in [0.2, 0.25) is 0 Å². The Kier molecular flexibility index (Phi) is 3.19. The molecule has 4 nitrogen and oxygen atoms in total. The van der Waals surface area contributed by atoms with Crippen LogP contribution in [0.25, 0.3) is 0 Å². The lowest BCUT2D eigenvalue weighted by molar-refractivity contribution is -0.490. The summed E-state index contributed by atoms with van der Waals surface area (Å²) in [5.41, 5.74) is 0. The molecule has 0 radical (unpaired) electrons. The van der Waals surface area contributed by atoms with Crippen LogP contribution in [0, 0.1) is 22.0 Å². The van der Waals surface area contributed by atoms with Gasteiger partial charge in [0.05, 0.1) is 0 Å². The number of rotatable bonds is 3. The fourth-order valence-corrected chi connectivity index (χ4v) is 1.83. The molecule has 68 valence electrons. The summed E-state index contributed by atoms with van der Waals surface area (Å²) in [4.78, 5) is 20.4. The van der Waals surface area contributed by atoms with Crippen LogP contribution in [-0.4, -0.2) is 17.8 Å². The van der Waals surface area contributed by atoms with Gasteiger partial charge >= 0.3 is 0 Å². The van der Waals surface area contributed by atoms with Gasteiger partial charge in [0, 0.05) is 16.8 Å². The summed E-state index contributed by atoms with van der Waals surface area (Å²) < 4.78 is 0. The van der Waals surface area contributed by atoms with Gasteiger partial charge in [0.2, 0.25) is 6.54 Å². The summed E-state index contributed by atoms with van der Waals surface area (Å²) in [7, 11) is 0. The first-order valence-corrected chi connectivity index (χ1v) is 4.31. The molecule has 1 aliphatic rings. The van der Waals surface area contributed by atoms with Crippen molar-refractivity contribution in [3.05, 3.63) is 10.1 Å². The van der Waals surface area contributed by atoms with Crippen LogP contribution in [0.3, 0.4) is 0 Å². The second-order valence-electron chi connectivity index (χ2n) is 3.36. The van der Waals surface area contributed by atoms with E-state index < -0.39 is 0 Å². The predicted molar refractivity (Wildman–Crippen MR) is 43.4 cm³/mol. The van der Waals surface area contributed by atoms with Crippen LogP contribution in [0.15, 0.2) is 0 Å². The highest BCUT2D eigenvalue weighted by molar-refractivity contribution is 5.54. The lowest BCUT2D eigenvalue weighted by Gasteiger charge is -2.23. The second-order valence-corrected chi connectivity index (χ2v) is 3.36. The molecule has 0 N–H and O–H groups in total. The standard InChI is InChI=1S/C8H13NO3/c10-6-8-4-2-1-3-7(8)5-9(11)12/h6-8H,1-5H2. The van der Waals surface area contributed by atoms with Gasteiger partial charge in [0.25, 0.3) is 0 Å². The van der Waals surface area contributed by atoms with E-state index in [2.05, 4.69) is 0 Å². The van der Waals surface area contributed by atoms with Gasteiger partial charge in [-0.05, 0) is 12.8 Å². The van der Waals surface area contributed by atoms with Crippen molar-refractivity contribution in [3.63, 3.8) is 0 Å². The van der Waals surface area contributed by atoms with E-state index in [0.717, 1.165) is 32.0 Å². The van der Waals surface area contributed by atoms with Crippen LogP contribution < -0.4 is 0 Å². The Bertz CT molecular complexity index is 181. The second kappa shape index (κ2) is 4.18. The number of aldehydes is 1. The third-order valence-corrected chi connectivity index (χ3v) is 2.53. The van der Waals surface area contributed by atoms with Crippen molar-refractivity contribution in [2.24, 2.45) is 11.8 Å². The Morgan fingerprint density at radius 3 is 2.67 bits per heavy atom. The van der Waals surface area contributed by atoms with Crippen molar-refractivity contribution in [1.82, 2.24) is 0 Å². The fraction of sp³-hybridized carbons (Fsp3) is 0.875. The molecule has 1 aliphatic carbocycles. The average molecular weight is 171 g/mol. The van der Waals surface area contributed by atoms with E-state index in [0.29, 0.717) is 0 Å². The summed E-state index contributed by atoms with van der Waals surface area (Å²) >= 11 is 0. The van der Waals surface area contributed by atoms with Crippen molar-refractivity contribution < 1.29 is 9.72 Å². The first-order chi connectivity index (χ1) is 5.74. The molecule has 0 bridgehead atoms. The van der Waals surface area contributed by atoms with Gasteiger partial charge in [-0.2, -0.15) is 0 Å². The van der Waals surface area contributed by atoms with Crippen molar-refractivity contribution in [2.45, 2.75) is 25.7 Å². The van der Waals surface area contributed by atoms with Gasteiger partial charge in [0.15, 0.2) is 0 Å². The molecule has 0 amide bonds. The number of carbonyl (C=O) groups excluding carboxylic acids is 1. The molecule has 0 aromatic carbocycles. The molecule has 1 fully saturated rings. The highest BCUT2D eigenvalue weighted by Crippen LogP contribution is 2.28. The Hall–Kier alpha value is -0.930. The topological polar surface area (TPSA) is 60.2 Å². The van der Waals surface area contributed by atoms with Gasteiger partial charge in [-0.15, -0.1) is 0 Å². The molecule has 0 aromatic heterocycles. The van der Waals surface area contributed by atoms with Crippen molar-refractivity contribution >= 4 is 6.29 Å². The molecule has 0 aromatic rings. The summed E-state index contributed by atoms with van der Waals surface area (Å²) in [5.74, 6) is -0.0737. The Labute approximate surface area is 71.1 Å². The van der Waals surface area contributed by atoms with E-state index >= 15 is 0 Å². The maximum absolute atomic E-state index is 10.5. The molecular formula is C8H13NO3. The Morgan fingerprint density at radius 1 is 1.42 bits per heavy atom. The molecule has 0 spiro atoms. The van der Waals surface area contributed by atoms with Crippen molar-refractivity contribution in [1.29, 1.82) is 0 Å². The quantitative estimate of drug-likeness (QED) is 0.365. The number of hydrogen-bond donors (Lipinski definition) is 0. The molecule has 1 saturated carbocycles. The lowest BCUT2D eigenvalue weighted by atomic mass is 9.80. The molecule has 2 atom stereocenters. The smallest absolute Gasteiger partial charge is 0.207 e. The average Bonchev–Trinajstić information content (AvgIpc) is 2.04. The van der Waals surface area contributed by atoms with Crippen molar-refractivity contribution in [2.75, 3.05) is 6.54 Å². The zero-order valence-corrected chi connectivity index (χ0v) is 6.94. The molecule has 1 rings (SSSR count). The Balaban J connectivity index is 2.46. The fourth-order valence-electron chi connectivity index (χ4n) is 1.83. The summed E-state index contributed by atoms with van der Waals surface area (Å²) in [6.45, 7) is -0.0383. The van der Waals surface area contributed by atoms with Crippen LogP contribution in [0.1, 0.15) is 25.7 Å². The van der Waals surface area contributed by atoms with Gasteiger partial charge < -0.3 is 4.79 Å². The highest BCUT2D eigenvalue weighted by Gasteiger charge is 2.28. The molecular weight excluding hydrogens is 158 g/mol. The minimum Gasteiger partial charge on any atom is -0.303 e. The summed E-state index contributed by atoms with van der Waals surface area (Å²) in [5, 5.41) is 10.2. The monoisotopic (exact) mass is 171 g/mol. The molecule has 0 saturated heterocycles. The first kappa shape index (κ1) is 9.16. The maximum atomic E-state index is 10.5. The van der Waals surface area contributed by atoms with Gasteiger partial charge in [-0.3, -0.25) is 10.1 Å². The minimum atomic E-state index is -0.313. The summed E-state index contributed by atoms with van der Waals surface area (Å²) in [6, 6.07) is 0. The van der Waals surface area contributed by atoms with Crippen LogP contribution in [0.5, 0.6) is 0 Å².